The van der Waals surface area contributed by atoms with E-state index in [0.29, 0.717) is 18.1 Å². The zero-order valence-corrected chi connectivity index (χ0v) is 12.6. The number of thioether (sulfide) groups is 1. The molecule has 0 fully saturated rings. The van der Waals surface area contributed by atoms with Gasteiger partial charge in [0.15, 0.2) is 0 Å². The van der Waals surface area contributed by atoms with Crippen LogP contribution < -0.4 is 11.5 Å². The van der Waals surface area contributed by atoms with Gasteiger partial charge < -0.3 is 16.6 Å². The SMILES string of the molecule is CC(N)=NC[C@H](C)SC[C@@](C)(N)C(=O)O.Cl.Cl. The van der Waals surface area contributed by atoms with Gasteiger partial charge in [0.2, 0.25) is 0 Å². The fraction of sp³-hybridized carbons (Fsp3) is 0.778. The minimum Gasteiger partial charge on any atom is -0.480 e. The molecule has 8 heteroatoms. The van der Waals surface area contributed by atoms with E-state index in [9.17, 15) is 4.79 Å². The fourth-order valence-electron chi connectivity index (χ4n) is 0.702. The van der Waals surface area contributed by atoms with E-state index in [1.807, 2.05) is 6.92 Å². The van der Waals surface area contributed by atoms with Crippen molar-refractivity contribution in [2.45, 2.75) is 31.6 Å². The maximum atomic E-state index is 10.7. The monoisotopic (exact) mass is 305 g/mol. The van der Waals surface area contributed by atoms with Gasteiger partial charge in [-0.05, 0) is 13.8 Å². The first-order valence-electron chi connectivity index (χ1n) is 4.66. The number of carboxylic acids is 1. The molecule has 104 valence electrons. The summed E-state index contributed by atoms with van der Waals surface area (Å²) in [6, 6.07) is 0. The predicted octanol–water partition coefficient (Wildman–Crippen LogP) is 1.13. The van der Waals surface area contributed by atoms with Crippen LogP contribution in [0.25, 0.3) is 0 Å². The normalized spacial score (nSPS) is 16.1. The second kappa shape index (κ2) is 9.82. The van der Waals surface area contributed by atoms with E-state index in [-0.39, 0.29) is 30.1 Å². The molecule has 17 heavy (non-hydrogen) atoms. The number of carbonyl (C=O) groups is 1. The molecule has 0 aliphatic carbocycles. The Kier molecular flexibility index (Phi) is 12.7. The quantitative estimate of drug-likeness (QED) is 0.504. The Morgan fingerprint density at radius 1 is 1.53 bits per heavy atom. The maximum Gasteiger partial charge on any atom is 0.324 e. The van der Waals surface area contributed by atoms with Gasteiger partial charge in [-0.3, -0.25) is 9.79 Å². The summed E-state index contributed by atoms with van der Waals surface area (Å²) in [7, 11) is 0. The lowest BCUT2D eigenvalue weighted by Gasteiger charge is -2.20. The number of aliphatic carboxylic acids is 1. The molecular weight excluding hydrogens is 285 g/mol. The average molecular weight is 306 g/mol. The van der Waals surface area contributed by atoms with Gasteiger partial charge in [0.05, 0.1) is 12.4 Å². The highest BCUT2D eigenvalue weighted by Crippen LogP contribution is 2.16. The van der Waals surface area contributed by atoms with Gasteiger partial charge in [0.1, 0.15) is 5.54 Å². The number of rotatable bonds is 6. The Balaban J connectivity index is -0.000000980. The molecule has 5 N–H and O–H groups in total. The van der Waals surface area contributed by atoms with Crippen LogP contribution >= 0.6 is 36.6 Å². The van der Waals surface area contributed by atoms with Crippen LogP contribution in [0.1, 0.15) is 20.8 Å². The number of amidine groups is 1. The second-order valence-corrected chi connectivity index (χ2v) is 5.25. The lowest BCUT2D eigenvalue weighted by atomic mass is 10.1. The predicted molar refractivity (Wildman–Crippen MR) is 78.8 cm³/mol. The fourth-order valence-corrected chi connectivity index (χ4v) is 1.64. The van der Waals surface area contributed by atoms with Crippen molar-refractivity contribution in [3.63, 3.8) is 0 Å². The number of hydrogen-bond donors (Lipinski definition) is 3. The first-order chi connectivity index (χ1) is 6.75. The van der Waals surface area contributed by atoms with Crippen molar-refractivity contribution < 1.29 is 9.90 Å². The highest BCUT2D eigenvalue weighted by molar-refractivity contribution is 8.00. The minimum atomic E-state index is -1.18. The first kappa shape index (κ1) is 22.0. The summed E-state index contributed by atoms with van der Waals surface area (Å²) >= 11 is 1.49. The Bertz CT molecular complexity index is 259. The summed E-state index contributed by atoms with van der Waals surface area (Å²) in [5.41, 5.74) is 9.80. The maximum absolute atomic E-state index is 10.7. The highest BCUT2D eigenvalue weighted by atomic mass is 35.5. The van der Waals surface area contributed by atoms with Crippen LogP contribution in [0.5, 0.6) is 0 Å². The van der Waals surface area contributed by atoms with Gasteiger partial charge in [-0.1, -0.05) is 6.92 Å². The third-order valence-corrected chi connectivity index (χ3v) is 3.24. The van der Waals surface area contributed by atoms with E-state index in [0.717, 1.165) is 0 Å². The van der Waals surface area contributed by atoms with Crippen LogP contribution in [0, 0.1) is 0 Å². The molecule has 5 nitrogen and oxygen atoms in total. The molecule has 0 aliphatic rings. The topological polar surface area (TPSA) is 102 Å². The van der Waals surface area contributed by atoms with Crippen LogP contribution in [0.15, 0.2) is 4.99 Å². The molecule has 0 rings (SSSR count). The molecule has 0 aromatic rings. The van der Waals surface area contributed by atoms with E-state index in [1.54, 1.807) is 6.92 Å². The third kappa shape index (κ3) is 10.7. The van der Waals surface area contributed by atoms with Crippen molar-refractivity contribution in [3.8, 4) is 0 Å². The van der Waals surface area contributed by atoms with Gasteiger partial charge in [0.25, 0.3) is 0 Å². The molecule has 0 saturated carbocycles. The Morgan fingerprint density at radius 2 is 2.00 bits per heavy atom. The molecule has 0 aliphatic heterocycles. The second-order valence-electron chi connectivity index (χ2n) is 3.83. The van der Waals surface area contributed by atoms with Crippen molar-refractivity contribution in [2.75, 3.05) is 12.3 Å². The molecule has 0 spiro atoms. The molecule has 0 aromatic carbocycles. The standard InChI is InChI=1S/C9H19N3O2S.2ClH/c1-6(4-12-7(2)10)15-5-9(3,11)8(13)14;;/h6H,4-5,11H2,1-3H3,(H2,10,12)(H,13,14);2*1H/t6-,9+;;/m0../s1. The van der Waals surface area contributed by atoms with Crippen molar-refractivity contribution in [3.05, 3.63) is 0 Å². The van der Waals surface area contributed by atoms with Crippen LogP contribution in [-0.2, 0) is 4.79 Å². The minimum absolute atomic E-state index is 0. The summed E-state index contributed by atoms with van der Waals surface area (Å²) < 4.78 is 0. The number of nitrogens with zero attached hydrogens (tertiary/aromatic N) is 1. The van der Waals surface area contributed by atoms with E-state index in [2.05, 4.69) is 4.99 Å². The van der Waals surface area contributed by atoms with Crippen LogP contribution in [0.2, 0.25) is 0 Å². The number of carboxylic acid groups (broad SMARTS) is 1. The van der Waals surface area contributed by atoms with Crippen molar-refractivity contribution in [1.29, 1.82) is 0 Å². The van der Waals surface area contributed by atoms with Crippen molar-refractivity contribution in [1.82, 2.24) is 0 Å². The molecular formula is C9H21Cl2N3O2S. The van der Waals surface area contributed by atoms with Gasteiger partial charge in [0, 0.05) is 11.0 Å². The number of hydrogen-bond acceptors (Lipinski definition) is 4. The average Bonchev–Trinajstić information content (AvgIpc) is 2.11. The molecule has 0 radical (unpaired) electrons. The Hall–Kier alpha value is -0.170. The number of halogens is 2. The summed E-state index contributed by atoms with van der Waals surface area (Å²) in [4.78, 5) is 14.8. The van der Waals surface area contributed by atoms with Gasteiger partial charge in [-0.2, -0.15) is 11.8 Å². The van der Waals surface area contributed by atoms with Crippen molar-refractivity contribution >= 4 is 48.4 Å². The van der Waals surface area contributed by atoms with Gasteiger partial charge >= 0.3 is 5.97 Å². The van der Waals surface area contributed by atoms with E-state index in [1.165, 1.54) is 18.7 Å². The van der Waals surface area contributed by atoms with Crippen LogP contribution in [0.3, 0.4) is 0 Å². The lowest BCUT2D eigenvalue weighted by Crippen LogP contribution is -2.47. The van der Waals surface area contributed by atoms with Gasteiger partial charge in [-0.15, -0.1) is 24.8 Å². The van der Waals surface area contributed by atoms with Crippen LogP contribution in [0.4, 0.5) is 0 Å². The molecule has 0 unspecified atom stereocenters. The first-order valence-corrected chi connectivity index (χ1v) is 5.71. The molecule has 2 atom stereocenters. The summed E-state index contributed by atoms with van der Waals surface area (Å²) in [6.07, 6.45) is 0. The number of aliphatic imine (C=N–C) groups is 1. The zero-order chi connectivity index (χ0) is 12.1. The zero-order valence-electron chi connectivity index (χ0n) is 10.2. The van der Waals surface area contributed by atoms with E-state index >= 15 is 0 Å². The molecule has 0 heterocycles. The Morgan fingerprint density at radius 3 is 2.35 bits per heavy atom. The van der Waals surface area contributed by atoms with Crippen LogP contribution in [-0.4, -0.2) is 40.0 Å². The van der Waals surface area contributed by atoms with E-state index < -0.39 is 11.5 Å². The summed E-state index contributed by atoms with van der Waals surface area (Å²) in [5.74, 6) is -0.0836. The molecule has 0 aromatic heterocycles. The molecule has 0 amide bonds. The summed E-state index contributed by atoms with van der Waals surface area (Å²) in [5, 5.41) is 9.00. The number of nitrogens with two attached hydrogens (primary N) is 2. The largest absolute Gasteiger partial charge is 0.480 e. The Labute approximate surface area is 119 Å². The molecule has 0 saturated heterocycles. The smallest absolute Gasteiger partial charge is 0.324 e. The molecule has 0 bridgehead atoms. The highest BCUT2D eigenvalue weighted by Gasteiger charge is 2.28. The third-order valence-electron chi connectivity index (χ3n) is 1.75. The lowest BCUT2D eigenvalue weighted by molar-refractivity contribution is -0.141. The van der Waals surface area contributed by atoms with E-state index in [4.69, 9.17) is 16.6 Å². The van der Waals surface area contributed by atoms with Gasteiger partial charge in [-0.25, -0.2) is 0 Å². The van der Waals surface area contributed by atoms with Crippen molar-refractivity contribution in [2.24, 2.45) is 16.5 Å². The summed E-state index contributed by atoms with van der Waals surface area (Å²) in [6.45, 7) is 5.78.